The largest absolute Gasteiger partial charge is 0.266 e. The van der Waals surface area contributed by atoms with Gasteiger partial charge in [-0.25, -0.2) is 0 Å². The second-order valence-corrected chi connectivity index (χ2v) is 4.42. The Hall–Kier alpha value is -2.29. The summed E-state index contributed by atoms with van der Waals surface area (Å²) in [4.78, 5) is 3.91. The van der Waals surface area contributed by atoms with E-state index in [2.05, 4.69) is 63.9 Å². The molecule has 0 bridgehead atoms. The fraction of sp³-hybridized carbons (Fsp3) is 0.0667. The molecule has 3 aromatic rings. The van der Waals surface area contributed by atoms with E-state index in [4.69, 9.17) is 0 Å². The zero-order chi connectivity index (χ0) is 13.1. The third kappa shape index (κ3) is 2.45. The number of isothiocyanates is 1. The molecule has 0 spiro atoms. The first-order valence-corrected chi connectivity index (χ1v) is 6.34. The minimum atomic E-state index is 0.717. The number of hydrogen-bond acceptors (Lipinski definition) is 3. The van der Waals surface area contributed by atoms with Crippen LogP contribution in [0.15, 0.2) is 59.9 Å². The van der Waals surface area contributed by atoms with Gasteiger partial charge in [0.05, 0.1) is 24.1 Å². The minimum absolute atomic E-state index is 0.717. The first kappa shape index (κ1) is 11.8. The molecule has 0 radical (unpaired) electrons. The van der Waals surface area contributed by atoms with Crippen molar-refractivity contribution in [2.75, 3.05) is 0 Å². The monoisotopic (exact) mass is 265 g/mol. The summed E-state index contributed by atoms with van der Waals surface area (Å²) in [5.74, 6) is 0. The van der Waals surface area contributed by atoms with Gasteiger partial charge in [0, 0.05) is 0 Å². The molecule has 0 saturated carbocycles. The van der Waals surface area contributed by atoms with Gasteiger partial charge in [0.2, 0.25) is 0 Å². The van der Waals surface area contributed by atoms with Gasteiger partial charge in [0.1, 0.15) is 5.69 Å². The van der Waals surface area contributed by atoms with E-state index in [-0.39, 0.29) is 0 Å². The highest BCUT2D eigenvalue weighted by Gasteiger charge is 2.02. The average molecular weight is 265 g/mol. The first-order valence-electron chi connectivity index (χ1n) is 5.94. The summed E-state index contributed by atoms with van der Waals surface area (Å²) in [5.41, 5.74) is 1.97. The Morgan fingerprint density at radius 2 is 2.00 bits per heavy atom. The molecule has 92 valence electrons. The number of aliphatic imine (C=N–C) groups is 1. The average Bonchev–Trinajstić information content (AvgIpc) is 2.87. The molecule has 19 heavy (non-hydrogen) atoms. The maximum atomic E-state index is 4.58. The van der Waals surface area contributed by atoms with Crippen molar-refractivity contribution in [3.05, 3.63) is 60.4 Å². The topological polar surface area (TPSA) is 30.2 Å². The van der Waals surface area contributed by atoms with Gasteiger partial charge in [-0.3, -0.25) is 4.68 Å². The van der Waals surface area contributed by atoms with Crippen LogP contribution in [0.1, 0.15) is 5.56 Å². The van der Waals surface area contributed by atoms with Gasteiger partial charge in [-0.15, -0.1) is 0 Å². The molecule has 0 aliphatic rings. The Labute approximate surface area is 116 Å². The molecule has 0 atom stereocenters. The number of aromatic nitrogens is 2. The normalized spacial score (nSPS) is 10.3. The zero-order valence-corrected chi connectivity index (χ0v) is 11.0. The number of benzene rings is 2. The van der Waals surface area contributed by atoms with E-state index in [1.807, 2.05) is 16.9 Å². The summed E-state index contributed by atoms with van der Waals surface area (Å²) in [6.07, 6.45) is 3.55. The Bertz CT molecular complexity index is 764. The summed E-state index contributed by atoms with van der Waals surface area (Å²) < 4.78 is 1.85. The molecule has 0 unspecified atom stereocenters. The van der Waals surface area contributed by atoms with Gasteiger partial charge in [-0.2, -0.15) is 10.1 Å². The van der Waals surface area contributed by atoms with Crippen molar-refractivity contribution in [1.29, 1.82) is 0 Å². The molecule has 1 heterocycles. The van der Waals surface area contributed by atoms with E-state index in [9.17, 15) is 0 Å². The van der Waals surface area contributed by atoms with Crippen molar-refractivity contribution in [2.45, 2.75) is 6.54 Å². The third-order valence-corrected chi connectivity index (χ3v) is 3.10. The quantitative estimate of drug-likeness (QED) is 0.532. The second kappa shape index (κ2) is 5.14. The molecule has 1 aromatic heterocycles. The van der Waals surface area contributed by atoms with Gasteiger partial charge < -0.3 is 0 Å². The molecular weight excluding hydrogens is 254 g/mol. The molecule has 3 rings (SSSR count). The van der Waals surface area contributed by atoms with Gasteiger partial charge in [0.15, 0.2) is 0 Å². The van der Waals surface area contributed by atoms with E-state index >= 15 is 0 Å². The molecule has 0 aliphatic heterocycles. The molecule has 0 N–H and O–H groups in total. The van der Waals surface area contributed by atoms with Crippen LogP contribution in [0.4, 0.5) is 5.69 Å². The molecular formula is C15H11N3S. The highest BCUT2D eigenvalue weighted by atomic mass is 32.1. The number of thiocarbonyl (C=S) groups is 1. The van der Waals surface area contributed by atoms with Crippen LogP contribution in [-0.4, -0.2) is 14.9 Å². The fourth-order valence-electron chi connectivity index (χ4n) is 2.15. The van der Waals surface area contributed by atoms with Crippen LogP contribution >= 0.6 is 12.2 Å². The Morgan fingerprint density at radius 3 is 2.89 bits per heavy atom. The van der Waals surface area contributed by atoms with E-state index in [1.54, 1.807) is 6.20 Å². The van der Waals surface area contributed by atoms with Crippen LogP contribution < -0.4 is 0 Å². The molecule has 3 nitrogen and oxygen atoms in total. The van der Waals surface area contributed by atoms with Crippen LogP contribution in [0, 0.1) is 0 Å². The number of nitrogens with zero attached hydrogens (tertiary/aromatic N) is 3. The summed E-state index contributed by atoms with van der Waals surface area (Å²) in [6, 6.07) is 14.6. The van der Waals surface area contributed by atoms with Crippen LogP contribution in [-0.2, 0) is 6.54 Å². The minimum Gasteiger partial charge on any atom is -0.266 e. The predicted molar refractivity (Wildman–Crippen MR) is 80.0 cm³/mol. The molecule has 2 aromatic carbocycles. The van der Waals surface area contributed by atoms with Crippen LogP contribution in [0.3, 0.4) is 0 Å². The molecule has 0 aliphatic carbocycles. The summed E-state index contributed by atoms with van der Waals surface area (Å²) in [5, 5.41) is 9.11. The zero-order valence-electron chi connectivity index (χ0n) is 10.2. The SMILES string of the molecule is S=C=Nc1cnn(Cc2cccc3ccccc23)c1. The van der Waals surface area contributed by atoms with Gasteiger partial charge in [-0.1, -0.05) is 42.5 Å². The van der Waals surface area contributed by atoms with Crippen molar-refractivity contribution in [3.8, 4) is 0 Å². The fourth-order valence-corrected chi connectivity index (χ4v) is 2.26. The maximum absolute atomic E-state index is 4.58. The lowest BCUT2D eigenvalue weighted by molar-refractivity contribution is 0.690. The highest BCUT2D eigenvalue weighted by Crippen LogP contribution is 2.20. The summed E-state index contributed by atoms with van der Waals surface area (Å²) >= 11 is 4.58. The van der Waals surface area contributed by atoms with E-state index < -0.39 is 0 Å². The van der Waals surface area contributed by atoms with E-state index in [0.29, 0.717) is 6.54 Å². The van der Waals surface area contributed by atoms with Crippen molar-refractivity contribution >= 4 is 33.8 Å². The summed E-state index contributed by atoms with van der Waals surface area (Å²) in [7, 11) is 0. The number of rotatable bonds is 3. The Balaban J connectivity index is 1.98. The lowest BCUT2D eigenvalue weighted by Gasteiger charge is -2.06. The Morgan fingerprint density at radius 1 is 1.16 bits per heavy atom. The molecule has 0 fully saturated rings. The smallest absolute Gasteiger partial charge is 0.112 e. The Kier molecular flexibility index (Phi) is 3.19. The summed E-state index contributed by atoms with van der Waals surface area (Å²) in [6.45, 7) is 0.717. The molecule has 0 amide bonds. The van der Waals surface area contributed by atoms with E-state index in [1.165, 1.54) is 16.3 Å². The predicted octanol–water partition coefficient (Wildman–Crippen LogP) is 3.82. The lowest BCUT2D eigenvalue weighted by Crippen LogP contribution is -2.00. The highest BCUT2D eigenvalue weighted by molar-refractivity contribution is 7.78. The van der Waals surface area contributed by atoms with Crippen LogP contribution in [0.25, 0.3) is 10.8 Å². The van der Waals surface area contributed by atoms with Gasteiger partial charge in [-0.05, 0) is 28.6 Å². The molecule has 4 heteroatoms. The maximum Gasteiger partial charge on any atom is 0.112 e. The van der Waals surface area contributed by atoms with E-state index in [0.717, 1.165) is 5.69 Å². The van der Waals surface area contributed by atoms with Gasteiger partial charge >= 0.3 is 0 Å². The van der Waals surface area contributed by atoms with Crippen LogP contribution in [0.5, 0.6) is 0 Å². The van der Waals surface area contributed by atoms with Crippen molar-refractivity contribution in [3.63, 3.8) is 0 Å². The van der Waals surface area contributed by atoms with Crippen LogP contribution in [0.2, 0.25) is 0 Å². The first-order chi connectivity index (χ1) is 9.36. The van der Waals surface area contributed by atoms with Crippen molar-refractivity contribution < 1.29 is 0 Å². The lowest BCUT2D eigenvalue weighted by atomic mass is 10.0. The number of fused-ring (bicyclic) bond motifs is 1. The number of hydrogen-bond donors (Lipinski definition) is 0. The molecule has 0 saturated heterocycles. The van der Waals surface area contributed by atoms with Crippen molar-refractivity contribution in [2.24, 2.45) is 4.99 Å². The third-order valence-electron chi connectivity index (χ3n) is 3.01. The second-order valence-electron chi connectivity index (χ2n) is 4.24. The standard InChI is InChI=1S/C15H11N3S/c19-11-16-14-8-17-18(10-14)9-13-6-3-5-12-4-1-2-7-15(12)13/h1-8,10H,9H2. The van der Waals surface area contributed by atoms with Crippen molar-refractivity contribution in [1.82, 2.24) is 9.78 Å². The van der Waals surface area contributed by atoms with Gasteiger partial charge in [0.25, 0.3) is 0 Å².